The van der Waals surface area contributed by atoms with Crippen LogP contribution in [-0.4, -0.2) is 64.3 Å². The van der Waals surface area contributed by atoms with E-state index >= 15 is 0 Å². The van der Waals surface area contributed by atoms with Crippen molar-refractivity contribution in [2.24, 2.45) is 5.92 Å². The third-order valence-electron chi connectivity index (χ3n) is 7.96. The molecule has 2 aliphatic rings. The van der Waals surface area contributed by atoms with Crippen LogP contribution in [0.15, 0.2) is 47.8 Å². The van der Waals surface area contributed by atoms with Crippen molar-refractivity contribution < 1.29 is 19.1 Å². The monoisotopic (exact) mass is 618 g/mol. The van der Waals surface area contributed by atoms with Gasteiger partial charge >= 0.3 is 6.09 Å². The van der Waals surface area contributed by atoms with Crippen LogP contribution in [-0.2, 0) is 22.5 Å². The van der Waals surface area contributed by atoms with E-state index in [0.29, 0.717) is 36.9 Å². The molecule has 0 radical (unpaired) electrons. The summed E-state index contributed by atoms with van der Waals surface area (Å²) in [6.45, 7) is 7.95. The van der Waals surface area contributed by atoms with E-state index in [1.807, 2.05) is 46.0 Å². The van der Waals surface area contributed by atoms with Gasteiger partial charge in [-0.2, -0.15) is 0 Å². The minimum absolute atomic E-state index is 0.149. The van der Waals surface area contributed by atoms with Crippen molar-refractivity contribution in [1.29, 1.82) is 0 Å². The Morgan fingerprint density at radius 1 is 1.07 bits per heavy atom. The van der Waals surface area contributed by atoms with Gasteiger partial charge in [0.15, 0.2) is 0 Å². The van der Waals surface area contributed by atoms with Crippen LogP contribution in [0, 0.1) is 5.92 Å². The smallest absolute Gasteiger partial charge is 0.410 e. The predicted octanol–water partition coefficient (Wildman–Crippen LogP) is 7.22. The maximum atomic E-state index is 12.6. The van der Waals surface area contributed by atoms with Gasteiger partial charge in [0.1, 0.15) is 22.7 Å². The number of fused-ring (bicyclic) bond motifs is 2. The van der Waals surface area contributed by atoms with E-state index in [0.717, 1.165) is 57.6 Å². The fraction of sp³-hybridized carbons (Fsp3) is 0.394. The number of nitrogens with zero attached hydrogens (tertiary/aromatic N) is 4. The second kappa shape index (κ2) is 11.8. The predicted molar refractivity (Wildman–Crippen MR) is 170 cm³/mol. The van der Waals surface area contributed by atoms with Crippen molar-refractivity contribution in [3.63, 3.8) is 0 Å². The average molecular weight is 619 g/mol. The summed E-state index contributed by atoms with van der Waals surface area (Å²) in [6, 6.07) is 14.0. The highest BCUT2D eigenvalue weighted by Gasteiger charge is 2.27. The number of halogens is 1. The molecule has 0 bridgehead atoms. The summed E-state index contributed by atoms with van der Waals surface area (Å²) in [6.07, 6.45) is 1.85. The summed E-state index contributed by atoms with van der Waals surface area (Å²) < 4.78 is 12.9. The Morgan fingerprint density at radius 2 is 1.88 bits per heavy atom. The Morgan fingerprint density at radius 3 is 2.67 bits per heavy atom. The minimum Gasteiger partial charge on any atom is -0.493 e. The zero-order valence-electron chi connectivity index (χ0n) is 24.9. The summed E-state index contributed by atoms with van der Waals surface area (Å²) >= 11 is 7.99. The van der Waals surface area contributed by atoms with E-state index in [2.05, 4.69) is 29.6 Å². The Bertz CT molecular complexity index is 1700. The molecule has 0 aliphatic carbocycles. The Kier molecular flexibility index (Phi) is 8.04. The van der Waals surface area contributed by atoms with Crippen molar-refractivity contribution in [3.05, 3.63) is 64.0 Å². The van der Waals surface area contributed by atoms with Gasteiger partial charge in [0.05, 0.1) is 11.3 Å². The van der Waals surface area contributed by atoms with Crippen LogP contribution in [0.5, 0.6) is 5.75 Å². The van der Waals surface area contributed by atoms with E-state index in [-0.39, 0.29) is 17.9 Å². The minimum atomic E-state index is -0.524. The SMILES string of the molecule is CN1CCC(COc2cc(Cl)ccc2-c2nnc(-c3ccc4c(c3)CCN(C(=O)OC(C)(C)C)C4)c3ccsc23)CC1=O. The first kappa shape index (κ1) is 29.4. The quantitative estimate of drug-likeness (QED) is 0.235. The highest BCUT2D eigenvalue weighted by atomic mass is 35.5. The number of rotatable bonds is 5. The zero-order chi connectivity index (χ0) is 30.3. The number of hydrogen-bond acceptors (Lipinski definition) is 7. The fourth-order valence-corrected chi connectivity index (χ4v) is 6.67. The molecule has 0 N–H and O–H groups in total. The molecule has 0 saturated carbocycles. The van der Waals surface area contributed by atoms with Crippen molar-refractivity contribution in [3.8, 4) is 28.3 Å². The van der Waals surface area contributed by atoms with Crippen LogP contribution >= 0.6 is 22.9 Å². The summed E-state index contributed by atoms with van der Waals surface area (Å²) in [7, 11) is 1.84. The molecule has 2 aromatic heterocycles. The molecular weight excluding hydrogens is 584 g/mol. The lowest BCUT2D eigenvalue weighted by molar-refractivity contribution is -0.133. The number of piperidine rings is 1. The second-order valence-corrected chi connectivity index (χ2v) is 13.7. The molecule has 0 spiro atoms. The summed E-state index contributed by atoms with van der Waals surface area (Å²) in [4.78, 5) is 28.4. The number of ether oxygens (including phenoxy) is 2. The molecule has 4 aromatic rings. The van der Waals surface area contributed by atoms with E-state index in [1.54, 1.807) is 21.1 Å². The van der Waals surface area contributed by atoms with E-state index in [4.69, 9.17) is 31.3 Å². The first-order valence-electron chi connectivity index (χ1n) is 14.6. The Hall–Kier alpha value is -3.69. The van der Waals surface area contributed by atoms with Crippen molar-refractivity contribution in [2.45, 2.75) is 52.2 Å². The van der Waals surface area contributed by atoms with Crippen LogP contribution in [0.2, 0.25) is 5.02 Å². The standard InChI is InChI=1S/C33H35ClN4O4S/c1-33(2,3)42-32(40)38-13-10-21-16-22(5-6-23(21)18-38)29-26-11-14-43-31(26)30(36-35-29)25-8-7-24(34)17-27(25)41-19-20-9-12-37(4)28(39)15-20/h5-8,11,14,16-17,20H,9-10,12-13,15,18-19H2,1-4H3. The van der Waals surface area contributed by atoms with Crippen LogP contribution < -0.4 is 4.74 Å². The van der Waals surface area contributed by atoms with Gasteiger partial charge in [-0.25, -0.2) is 4.79 Å². The number of thiophene rings is 1. The maximum Gasteiger partial charge on any atom is 0.410 e. The van der Waals surface area contributed by atoms with Crippen molar-refractivity contribution >= 4 is 45.0 Å². The summed E-state index contributed by atoms with van der Waals surface area (Å²) in [5.41, 5.74) is 5.16. The molecule has 2 aliphatic heterocycles. The van der Waals surface area contributed by atoms with Crippen molar-refractivity contribution in [2.75, 3.05) is 26.7 Å². The largest absolute Gasteiger partial charge is 0.493 e. The maximum absolute atomic E-state index is 12.6. The number of carbonyl (C=O) groups excluding carboxylic acids is 2. The normalized spacial score (nSPS) is 17.2. The number of amides is 2. The molecule has 4 heterocycles. The molecule has 43 heavy (non-hydrogen) atoms. The molecule has 1 atom stereocenters. The lowest BCUT2D eigenvalue weighted by Gasteiger charge is -2.31. The number of hydrogen-bond donors (Lipinski definition) is 0. The Balaban J connectivity index is 1.26. The van der Waals surface area contributed by atoms with Gasteiger partial charge in [-0.15, -0.1) is 21.5 Å². The lowest BCUT2D eigenvalue weighted by Crippen LogP contribution is -2.39. The van der Waals surface area contributed by atoms with E-state index in [9.17, 15) is 9.59 Å². The van der Waals surface area contributed by atoms with Crippen LogP contribution in [0.3, 0.4) is 0 Å². The van der Waals surface area contributed by atoms with Gasteiger partial charge in [-0.1, -0.05) is 23.7 Å². The zero-order valence-corrected chi connectivity index (χ0v) is 26.4. The topological polar surface area (TPSA) is 84.9 Å². The molecule has 1 unspecified atom stereocenters. The Labute approximate surface area is 260 Å². The number of carbonyl (C=O) groups is 2. The fourth-order valence-electron chi connectivity index (χ4n) is 5.62. The molecule has 6 rings (SSSR count). The van der Waals surface area contributed by atoms with E-state index in [1.165, 1.54) is 5.56 Å². The molecule has 1 saturated heterocycles. The van der Waals surface area contributed by atoms with Gasteiger partial charge in [-0.05, 0) is 80.5 Å². The third-order valence-corrected chi connectivity index (χ3v) is 9.12. The number of aromatic nitrogens is 2. The third kappa shape index (κ3) is 6.33. The highest BCUT2D eigenvalue weighted by molar-refractivity contribution is 7.17. The van der Waals surface area contributed by atoms with Crippen LogP contribution in [0.1, 0.15) is 44.7 Å². The van der Waals surface area contributed by atoms with Gasteiger partial charge in [-0.3, -0.25) is 4.79 Å². The molecule has 2 amide bonds. The molecule has 2 aromatic carbocycles. The first-order chi connectivity index (χ1) is 20.6. The summed E-state index contributed by atoms with van der Waals surface area (Å²) in [5, 5.41) is 13.1. The van der Waals surface area contributed by atoms with Gasteiger partial charge in [0, 0.05) is 60.6 Å². The molecule has 224 valence electrons. The van der Waals surface area contributed by atoms with Gasteiger partial charge < -0.3 is 19.3 Å². The van der Waals surface area contributed by atoms with Gasteiger partial charge in [0.2, 0.25) is 5.91 Å². The average Bonchev–Trinajstić information content (AvgIpc) is 3.46. The van der Waals surface area contributed by atoms with Crippen LogP contribution in [0.25, 0.3) is 32.6 Å². The lowest BCUT2D eigenvalue weighted by atomic mass is 9.95. The van der Waals surface area contributed by atoms with Gasteiger partial charge in [0.25, 0.3) is 0 Å². The summed E-state index contributed by atoms with van der Waals surface area (Å²) in [5.74, 6) is 0.945. The van der Waals surface area contributed by atoms with Crippen LogP contribution in [0.4, 0.5) is 4.79 Å². The highest BCUT2D eigenvalue weighted by Crippen LogP contribution is 2.40. The molecule has 10 heteroatoms. The first-order valence-corrected chi connectivity index (χ1v) is 15.8. The van der Waals surface area contributed by atoms with E-state index < -0.39 is 5.60 Å². The molecule has 8 nitrogen and oxygen atoms in total. The number of likely N-dealkylation sites (tertiary alicyclic amines) is 1. The second-order valence-electron chi connectivity index (χ2n) is 12.3. The molecule has 1 fully saturated rings. The molecular formula is C33H35ClN4O4S. The van der Waals surface area contributed by atoms with Crippen molar-refractivity contribution in [1.82, 2.24) is 20.0 Å². The number of benzene rings is 2.